The van der Waals surface area contributed by atoms with Gasteiger partial charge in [0.25, 0.3) is 5.91 Å². The summed E-state index contributed by atoms with van der Waals surface area (Å²) in [5.74, 6) is 0.488. The number of benzene rings is 1. The first-order valence-electron chi connectivity index (χ1n) is 12.9. The summed E-state index contributed by atoms with van der Waals surface area (Å²) in [6, 6.07) is 15.7. The number of hydrogen-bond donors (Lipinski definition) is 1. The van der Waals surface area contributed by atoms with Crippen molar-refractivity contribution in [3.63, 3.8) is 0 Å². The fourth-order valence-electron chi connectivity index (χ4n) is 5.56. The van der Waals surface area contributed by atoms with Gasteiger partial charge in [-0.1, -0.05) is 56.4 Å². The summed E-state index contributed by atoms with van der Waals surface area (Å²) in [7, 11) is 0. The van der Waals surface area contributed by atoms with Crippen LogP contribution in [0, 0.1) is 6.92 Å². The second kappa shape index (κ2) is 9.76. The minimum Gasteiger partial charge on any atom is -0.463 e. The van der Waals surface area contributed by atoms with Gasteiger partial charge in [0, 0.05) is 12.6 Å². The lowest BCUT2D eigenvalue weighted by molar-refractivity contribution is -0.134. The van der Waals surface area contributed by atoms with E-state index in [4.69, 9.17) is 4.42 Å². The molecule has 1 saturated carbocycles. The molecule has 1 aromatic carbocycles. The van der Waals surface area contributed by atoms with Gasteiger partial charge >= 0.3 is 0 Å². The molecular formula is C29H35N3O3. The van der Waals surface area contributed by atoms with E-state index < -0.39 is 5.54 Å². The molecule has 2 aliphatic rings. The Bertz CT molecular complexity index is 1190. The van der Waals surface area contributed by atoms with Gasteiger partial charge in [0.15, 0.2) is 0 Å². The number of nitrogens with zero attached hydrogens (tertiary/aromatic N) is 2. The van der Waals surface area contributed by atoms with E-state index in [1.54, 1.807) is 11.2 Å². The Morgan fingerprint density at radius 1 is 1.00 bits per heavy atom. The van der Waals surface area contributed by atoms with Crippen molar-refractivity contribution in [2.75, 3.05) is 0 Å². The molecule has 5 rings (SSSR count). The number of amides is 2. The van der Waals surface area contributed by atoms with Gasteiger partial charge in [-0.25, -0.2) is 0 Å². The summed E-state index contributed by atoms with van der Waals surface area (Å²) in [5, 5.41) is 3.36. The lowest BCUT2D eigenvalue weighted by Crippen LogP contribution is -2.64. The van der Waals surface area contributed by atoms with E-state index in [-0.39, 0.29) is 17.9 Å². The van der Waals surface area contributed by atoms with Crippen molar-refractivity contribution in [1.82, 2.24) is 14.8 Å². The second-order valence-electron chi connectivity index (χ2n) is 10.3. The monoisotopic (exact) mass is 473 g/mol. The van der Waals surface area contributed by atoms with E-state index in [1.165, 1.54) is 19.3 Å². The first kappa shape index (κ1) is 23.5. The fraction of sp³-hybridized carbons (Fsp3) is 0.448. The molecule has 6 nitrogen and oxygen atoms in total. The average Bonchev–Trinajstić information content (AvgIpc) is 3.49. The quantitative estimate of drug-likeness (QED) is 0.517. The predicted molar refractivity (Wildman–Crippen MR) is 136 cm³/mol. The number of carbonyl (C=O) groups excluding carboxylic acids is 2. The number of aromatic nitrogens is 1. The smallest absolute Gasteiger partial charge is 0.271 e. The van der Waals surface area contributed by atoms with Gasteiger partial charge in [-0.05, 0) is 62.1 Å². The Labute approximate surface area is 207 Å². The maximum atomic E-state index is 14.0. The average molecular weight is 474 g/mol. The molecule has 1 fully saturated rings. The van der Waals surface area contributed by atoms with E-state index >= 15 is 0 Å². The fourth-order valence-corrected chi connectivity index (χ4v) is 5.56. The maximum Gasteiger partial charge on any atom is 0.271 e. The van der Waals surface area contributed by atoms with Crippen LogP contribution in [0.3, 0.4) is 0 Å². The van der Waals surface area contributed by atoms with Crippen LogP contribution < -0.4 is 5.32 Å². The molecule has 3 heterocycles. The number of carbonyl (C=O) groups is 2. The zero-order valence-electron chi connectivity index (χ0n) is 20.8. The number of aryl methyl sites for hydroxylation is 1. The zero-order chi connectivity index (χ0) is 24.4. The lowest BCUT2D eigenvalue weighted by atomic mass is 9.91. The predicted octanol–water partition coefficient (Wildman–Crippen LogP) is 5.70. The summed E-state index contributed by atoms with van der Waals surface area (Å²) in [6.07, 6.45) is 9.63. The van der Waals surface area contributed by atoms with Gasteiger partial charge in [0.1, 0.15) is 17.0 Å². The SMILES string of the molecule is Cc1ccccc1CN1C(=O)c2ccc(-c3ccco3)n2CC1(C)C(=O)NC1CCCCCCC1. The zero-order valence-corrected chi connectivity index (χ0v) is 20.8. The van der Waals surface area contributed by atoms with Gasteiger partial charge in [-0.3, -0.25) is 9.59 Å². The highest BCUT2D eigenvalue weighted by Crippen LogP contribution is 2.35. The lowest BCUT2D eigenvalue weighted by Gasteiger charge is -2.45. The normalized spacial score (nSPS) is 21.3. The number of rotatable bonds is 5. The van der Waals surface area contributed by atoms with E-state index in [1.807, 2.05) is 66.9 Å². The second-order valence-corrected chi connectivity index (χ2v) is 10.3. The summed E-state index contributed by atoms with van der Waals surface area (Å²) in [4.78, 5) is 29.7. The van der Waals surface area contributed by atoms with Gasteiger partial charge in [-0.15, -0.1) is 0 Å². The van der Waals surface area contributed by atoms with Crippen molar-refractivity contribution in [3.8, 4) is 11.5 Å². The molecular weight excluding hydrogens is 438 g/mol. The van der Waals surface area contributed by atoms with Crippen LogP contribution in [0.5, 0.6) is 0 Å². The Morgan fingerprint density at radius 2 is 1.71 bits per heavy atom. The number of furan rings is 1. The molecule has 0 saturated heterocycles. The Balaban J connectivity index is 1.51. The molecule has 0 bridgehead atoms. The van der Waals surface area contributed by atoms with Gasteiger partial charge in [0.05, 0.1) is 18.5 Å². The molecule has 1 unspecified atom stereocenters. The van der Waals surface area contributed by atoms with Crippen molar-refractivity contribution in [2.24, 2.45) is 0 Å². The van der Waals surface area contributed by atoms with Crippen LogP contribution in [0.1, 0.15) is 73.5 Å². The van der Waals surface area contributed by atoms with Crippen LogP contribution in [0.25, 0.3) is 11.5 Å². The highest BCUT2D eigenvalue weighted by Gasteiger charge is 2.48. The molecule has 3 aromatic rings. The third-order valence-corrected chi connectivity index (χ3v) is 7.80. The van der Waals surface area contributed by atoms with Crippen molar-refractivity contribution in [1.29, 1.82) is 0 Å². The molecule has 1 aliphatic carbocycles. The third kappa shape index (κ3) is 4.54. The molecule has 1 N–H and O–H groups in total. The number of nitrogens with one attached hydrogen (secondary N) is 1. The van der Waals surface area contributed by atoms with E-state index in [2.05, 4.69) is 5.32 Å². The molecule has 2 amide bonds. The van der Waals surface area contributed by atoms with Gasteiger partial charge in [-0.2, -0.15) is 0 Å². The Hall–Kier alpha value is -3.28. The van der Waals surface area contributed by atoms with Crippen LogP contribution in [-0.2, 0) is 17.9 Å². The first-order valence-corrected chi connectivity index (χ1v) is 12.9. The minimum absolute atomic E-state index is 0.0743. The highest BCUT2D eigenvalue weighted by molar-refractivity contribution is 6.00. The van der Waals surface area contributed by atoms with Gasteiger partial charge in [0.2, 0.25) is 5.91 Å². The molecule has 0 spiro atoms. The van der Waals surface area contributed by atoms with E-state index in [0.29, 0.717) is 24.5 Å². The Kier molecular flexibility index (Phi) is 6.54. The highest BCUT2D eigenvalue weighted by atomic mass is 16.3. The first-order chi connectivity index (χ1) is 17.0. The molecule has 1 atom stereocenters. The standard InChI is InChI=1S/C29H35N3O3/c1-21-11-8-9-12-22(21)19-32-27(33)25-17-16-24(26-15-10-18-35-26)31(25)20-29(32,2)28(34)30-23-13-6-4-3-5-7-14-23/h8-12,15-18,23H,3-7,13-14,19-20H2,1-2H3,(H,30,34). The summed E-state index contributed by atoms with van der Waals surface area (Å²) >= 11 is 0. The number of fused-ring (bicyclic) bond motifs is 1. The largest absolute Gasteiger partial charge is 0.463 e. The Morgan fingerprint density at radius 3 is 2.43 bits per heavy atom. The van der Waals surface area contributed by atoms with Crippen LogP contribution >= 0.6 is 0 Å². The molecule has 184 valence electrons. The van der Waals surface area contributed by atoms with Crippen molar-refractivity contribution in [2.45, 2.75) is 83.5 Å². The van der Waals surface area contributed by atoms with Gasteiger partial charge < -0.3 is 19.2 Å². The summed E-state index contributed by atoms with van der Waals surface area (Å²) < 4.78 is 7.60. The van der Waals surface area contributed by atoms with Crippen molar-refractivity contribution < 1.29 is 14.0 Å². The minimum atomic E-state index is -1.03. The van der Waals surface area contributed by atoms with E-state index in [0.717, 1.165) is 42.5 Å². The van der Waals surface area contributed by atoms with Crippen LogP contribution in [0.15, 0.2) is 59.2 Å². The van der Waals surface area contributed by atoms with Crippen LogP contribution in [0.2, 0.25) is 0 Å². The number of hydrogen-bond acceptors (Lipinski definition) is 3. The van der Waals surface area contributed by atoms with Crippen molar-refractivity contribution >= 4 is 11.8 Å². The molecule has 2 aromatic heterocycles. The molecule has 1 aliphatic heterocycles. The van der Waals surface area contributed by atoms with Crippen molar-refractivity contribution in [3.05, 3.63) is 71.6 Å². The summed E-state index contributed by atoms with van der Waals surface area (Å²) in [5.41, 5.74) is 2.53. The molecule has 0 radical (unpaired) electrons. The van der Waals surface area contributed by atoms with E-state index in [9.17, 15) is 9.59 Å². The maximum absolute atomic E-state index is 14.0. The third-order valence-electron chi connectivity index (χ3n) is 7.80. The molecule has 6 heteroatoms. The molecule has 35 heavy (non-hydrogen) atoms. The van der Waals surface area contributed by atoms with Crippen LogP contribution in [0.4, 0.5) is 0 Å². The summed E-state index contributed by atoms with van der Waals surface area (Å²) in [6.45, 7) is 4.73. The van der Waals surface area contributed by atoms with Crippen LogP contribution in [-0.4, -0.2) is 32.9 Å². The topological polar surface area (TPSA) is 67.5 Å².